The largest absolute Gasteiger partial charge is 0.473 e. The molecule has 0 aliphatic heterocycles. The number of nitrogens with two attached hydrogens (primary N) is 1. The maximum Gasteiger partial charge on any atom is 0.218 e. The van der Waals surface area contributed by atoms with Gasteiger partial charge in [0.2, 0.25) is 5.88 Å². The second kappa shape index (κ2) is 5.85. The van der Waals surface area contributed by atoms with Gasteiger partial charge in [-0.2, -0.15) is 0 Å². The third-order valence-electron chi connectivity index (χ3n) is 2.56. The van der Waals surface area contributed by atoms with Crippen LogP contribution in [0.15, 0.2) is 36.4 Å². The molecule has 1 aromatic heterocycles. The summed E-state index contributed by atoms with van der Waals surface area (Å²) in [4.78, 5) is 4.35. The summed E-state index contributed by atoms with van der Waals surface area (Å²) in [6.45, 7) is 2.77. The Hall–Kier alpha value is -1.58. The quantitative estimate of drug-likeness (QED) is 0.921. The van der Waals surface area contributed by atoms with Crippen LogP contribution in [0.1, 0.15) is 16.8 Å². The Labute approximate surface area is 112 Å². The lowest BCUT2D eigenvalue weighted by Gasteiger charge is -2.10. The summed E-state index contributed by atoms with van der Waals surface area (Å²) < 4.78 is 5.70. The molecule has 3 nitrogen and oxygen atoms in total. The van der Waals surface area contributed by atoms with Crippen molar-refractivity contribution in [3.8, 4) is 5.88 Å². The van der Waals surface area contributed by atoms with E-state index in [1.807, 2.05) is 43.3 Å². The second-order valence-corrected chi connectivity index (χ2v) is 4.48. The minimum Gasteiger partial charge on any atom is -0.473 e. The molecule has 0 aliphatic carbocycles. The number of aryl methyl sites for hydroxylation is 1. The van der Waals surface area contributed by atoms with Crippen LogP contribution in [-0.4, -0.2) is 4.98 Å². The van der Waals surface area contributed by atoms with Crippen LogP contribution < -0.4 is 10.5 Å². The number of halogens is 1. The minimum absolute atomic E-state index is 0.415. The molecule has 1 heterocycles. The van der Waals surface area contributed by atoms with E-state index in [-0.39, 0.29) is 0 Å². The predicted molar refractivity (Wildman–Crippen MR) is 72.6 cm³/mol. The molecule has 18 heavy (non-hydrogen) atoms. The number of aromatic nitrogens is 1. The van der Waals surface area contributed by atoms with Crippen LogP contribution in [0, 0.1) is 6.92 Å². The van der Waals surface area contributed by atoms with Crippen LogP contribution in [0.25, 0.3) is 0 Å². The number of hydrogen-bond donors (Lipinski definition) is 1. The molecule has 0 spiro atoms. The monoisotopic (exact) mass is 262 g/mol. The molecule has 0 aliphatic rings. The minimum atomic E-state index is 0.415. The van der Waals surface area contributed by atoms with Crippen molar-refractivity contribution in [1.82, 2.24) is 4.98 Å². The fourth-order valence-electron chi connectivity index (χ4n) is 1.62. The summed E-state index contributed by atoms with van der Waals surface area (Å²) >= 11 is 5.92. The molecule has 0 saturated carbocycles. The third-order valence-corrected chi connectivity index (χ3v) is 2.80. The van der Waals surface area contributed by atoms with Gasteiger partial charge in [-0.3, -0.25) is 0 Å². The molecule has 0 amide bonds. The Kier molecular flexibility index (Phi) is 4.18. The topological polar surface area (TPSA) is 48.1 Å². The Balaban J connectivity index is 2.12. The summed E-state index contributed by atoms with van der Waals surface area (Å²) in [5.41, 5.74) is 8.48. The van der Waals surface area contributed by atoms with Crippen molar-refractivity contribution in [2.24, 2.45) is 5.73 Å². The standard InChI is InChI=1S/C14H15ClN2O/c1-10-5-6-12(8-16)14(17-10)18-9-11-3-2-4-13(15)7-11/h2-7H,8-9,16H2,1H3. The lowest BCUT2D eigenvalue weighted by Crippen LogP contribution is -2.05. The molecule has 2 rings (SSSR count). The first-order chi connectivity index (χ1) is 8.69. The lowest BCUT2D eigenvalue weighted by molar-refractivity contribution is 0.290. The highest BCUT2D eigenvalue weighted by Crippen LogP contribution is 2.18. The van der Waals surface area contributed by atoms with Crippen LogP contribution in [0.2, 0.25) is 5.02 Å². The number of ether oxygens (including phenoxy) is 1. The third kappa shape index (κ3) is 3.22. The number of nitrogens with zero attached hydrogens (tertiary/aromatic N) is 1. The Morgan fingerprint density at radius 3 is 2.83 bits per heavy atom. The highest BCUT2D eigenvalue weighted by atomic mass is 35.5. The van der Waals surface area contributed by atoms with Crippen molar-refractivity contribution < 1.29 is 4.74 Å². The molecule has 4 heteroatoms. The molecule has 0 bridgehead atoms. The zero-order chi connectivity index (χ0) is 13.0. The summed E-state index contributed by atoms with van der Waals surface area (Å²) in [5, 5.41) is 0.701. The van der Waals surface area contributed by atoms with Gasteiger partial charge in [0.15, 0.2) is 0 Å². The molecule has 94 valence electrons. The predicted octanol–water partition coefficient (Wildman–Crippen LogP) is 3.08. The SMILES string of the molecule is Cc1ccc(CN)c(OCc2cccc(Cl)c2)n1. The van der Waals surface area contributed by atoms with E-state index in [1.54, 1.807) is 0 Å². The van der Waals surface area contributed by atoms with Gasteiger partial charge in [0.25, 0.3) is 0 Å². The fraction of sp³-hybridized carbons (Fsp3) is 0.214. The van der Waals surface area contributed by atoms with Gasteiger partial charge in [-0.25, -0.2) is 4.98 Å². The Bertz CT molecular complexity index is 543. The van der Waals surface area contributed by atoms with E-state index in [2.05, 4.69) is 4.98 Å². The van der Waals surface area contributed by atoms with E-state index in [9.17, 15) is 0 Å². The van der Waals surface area contributed by atoms with Gasteiger partial charge in [0, 0.05) is 22.8 Å². The highest BCUT2D eigenvalue weighted by molar-refractivity contribution is 6.30. The first kappa shape index (κ1) is 12.9. The van der Waals surface area contributed by atoms with E-state index in [0.29, 0.717) is 24.1 Å². The van der Waals surface area contributed by atoms with Crippen molar-refractivity contribution in [1.29, 1.82) is 0 Å². The Morgan fingerprint density at radius 1 is 1.28 bits per heavy atom. The fourth-order valence-corrected chi connectivity index (χ4v) is 1.83. The summed E-state index contributed by atoms with van der Waals surface area (Å²) in [6.07, 6.45) is 0. The van der Waals surface area contributed by atoms with Crippen molar-refractivity contribution in [3.05, 3.63) is 58.2 Å². The first-order valence-corrected chi connectivity index (χ1v) is 6.10. The number of pyridine rings is 1. The van der Waals surface area contributed by atoms with Gasteiger partial charge in [-0.1, -0.05) is 29.8 Å². The van der Waals surface area contributed by atoms with Gasteiger partial charge in [0.05, 0.1) is 0 Å². The second-order valence-electron chi connectivity index (χ2n) is 4.04. The molecule has 0 atom stereocenters. The number of rotatable bonds is 4. The van der Waals surface area contributed by atoms with Crippen molar-refractivity contribution in [3.63, 3.8) is 0 Å². The van der Waals surface area contributed by atoms with Crippen molar-refractivity contribution in [2.45, 2.75) is 20.1 Å². The average molecular weight is 263 g/mol. The van der Waals surface area contributed by atoms with Gasteiger partial charge in [-0.05, 0) is 30.7 Å². The molecular formula is C14H15ClN2O. The molecule has 0 fully saturated rings. The van der Waals surface area contributed by atoms with Crippen LogP contribution in [0.4, 0.5) is 0 Å². The maximum atomic E-state index is 5.92. The lowest BCUT2D eigenvalue weighted by atomic mass is 10.2. The van der Waals surface area contributed by atoms with E-state index >= 15 is 0 Å². The summed E-state index contributed by atoms with van der Waals surface area (Å²) in [6, 6.07) is 11.4. The smallest absolute Gasteiger partial charge is 0.218 e. The molecule has 0 saturated heterocycles. The molecular weight excluding hydrogens is 248 g/mol. The first-order valence-electron chi connectivity index (χ1n) is 5.73. The average Bonchev–Trinajstić information content (AvgIpc) is 2.37. The number of benzene rings is 1. The van der Waals surface area contributed by atoms with Crippen molar-refractivity contribution in [2.75, 3.05) is 0 Å². The normalized spacial score (nSPS) is 10.4. The molecule has 0 unspecified atom stereocenters. The van der Waals surface area contributed by atoms with Crippen LogP contribution in [0.3, 0.4) is 0 Å². The zero-order valence-electron chi connectivity index (χ0n) is 10.2. The van der Waals surface area contributed by atoms with Crippen molar-refractivity contribution >= 4 is 11.6 Å². The van der Waals surface area contributed by atoms with Crippen LogP contribution in [-0.2, 0) is 13.2 Å². The molecule has 1 aromatic carbocycles. The molecule has 2 N–H and O–H groups in total. The Morgan fingerprint density at radius 2 is 2.11 bits per heavy atom. The molecule has 2 aromatic rings. The summed E-state index contributed by atoms with van der Waals surface area (Å²) in [5.74, 6) is 0.595. The van der Waals surface area contributed by atoms with E-state index < -0.39 is 0 Å². The van der Waals surface area contributed by atoms with E-state index in [4.69, 9.17) is 22.1 Å². The van der Waals surface area contributed by atoms with Gasteiger partial charge in [0.1, 0.15) is 6.61 Å². The molecule has 0 radical (unpaired) electrons. The van der Waals surface area contributed by atoms with E-state index in [0.717, 1.165) is 16.8 Å². The maximum absolute atomic E-state index is 5.92. The van der Waals surface area contributed by atoms with Gasteiger partial charge >= 0.3 is 0 Å². The summed E-state index contributed by atoms with van der Waals surface area (Å²) in [7, 11) is 0. The zero-order valence-corrected chi connectivity index (χ0v) is 10.9. The van der Waals surface area contributed by atoms with Crippen LogP contribution >= 0.6 is 11.6 Å². The highest BCUT2D eigenvalue weighted by Gasteiger charge is 2.05. The van der Waals surface area contributed by atoms with Gasteiger partial charge in [-0.15, -0.1) is 0 Å². The van der Waals surface area contributed by atoms with E-state index in [1.165, 1.54) is 0 Å². The van der Waals surface area contributed by atoms with Gasteiger partial charge < -0.3 is 10.5 Å². The van der Waals surface area contributed by atoms with Crippen LogP contribution in [0.5, 0.6) is 5.88 Å². The number of hydrogen-bond acceptors (Lipinski definition) is 3.